The smallest absolute Gasteiger partial charge is 0.138 e. The summed E-state index contributed by atoms with van der Waals surface area (Å²) < 4.78 is 28.9. The van der Waals surface area contributed by atoms with Gasteiger partial charge < -0.3 is 14.4 Å². The van der Waals surface area contributed by atoms with E-state index in [4.69, 9.17) is 9.47 Å². The van der Waals surface area contributed by atoms with Crippen molar-refractivity contribution in [1.29, 1.82) is 5.26 Å². The number of methoxy groups -OCH3 is 1. The van der Waals surface area contributed by atoms with Crippen LogP contribution in [0.25, 0.3) is 16.6 Å². The summed E-state index contributed by atoms with van der Waals surface area (Å²) in [6.07, 6.45) is 5.08. The van der Waals surface area contributed by atoms with Crippen molar-refractivity contribution >= 4 is 21.1 Å². The molecule has 1 aliphatic rings. The number of anilines is 1. The van der Waals surface area contributed by atoms with E-state index >= 15 is 0 Å². The van der Waals surface area contributed by atoms with Gasteiger partial charge in [0, 0.05) is 65.8 Å². The highest BCUT2D eigenvalue weighted by atomic mass is 32.2. The summed E-state index contributed by atoms with van der Waals surface area (Å²) in [6, 6.07) is 8.01. The molecule has 3 aromatic heterocycles. The van der Waals surface area contributed by atoms with Crippen LogP contribution in [-0.4, -0.2) is 70.8 Å². The third kappa shape index (κ3) is 4.33. The van der Waals surface area contributed by atoms with Gasteiger partial charge in [-0.15, -0.1) is 0 Å². The van der Waals surface area contributed by atoms with Crippen LogP contribution in [0.3, 0.4) is 0 Å². The highest BCUT2D eigenvalue weighted by Gasteiger charge is 2.21. The Bertz CT molecular complexity index is 1220. The van der Waals surface area contributed by atoms with E-state index in [0.29, 0.717) is 54.6 Å². The molecule has 0 saturated carbocycles. The van der Waals surface area contributed by atoms with E-state index in [2.05, 4.69) is 25.4 Å². The van der Waals surface area contributed by atoms with Gasteiger partial charge in [-0.2, -0.15) is 10.4 Å². The van der Waals surface area contributed by atoms with E-state index in [1.165, 1.54) is 0 Å². The second kappa shape index (κ2) is 8.91. The monoisotopic (exact) mass is 440 g/mol. The van der Waals surface area contributed by atoms with Gasteiger partial charge in [0.1, 0.15) is 24.2 Å². The summed E-state index contributed by atoms with van der Waals surface area (Å²) in [4.78, 5) is 6.76. The molecule has 0 aromatic carbocycles. The van der Waals surface area contributed by atoms with Crippen LogP contribution in [0, 0.1) is 11.3 Å². The molecule has 1 aliphatic heterocycles. The zero-order chi connectivity index (χ0) is 21.8. The number of pyridine rings is 2. The van der Waals surface area contributed by atoms with Gasteiger partial charge >= 0.3 is 0 Å². The molecule has 10 heteroatoms. The Morgan fingerprint density at radius 3 is 2.71 bits per heavy atom. The lowest BCUT2D eigenvalue weighted by atomic mass is 10.1. The van der Waals surface area contributed by atoms with Gasteiger partial charge in [0.25, 0.3) is 0 Å². The van der Waals surface area contributed by atoms with Crippen molar-refractivity contribution in [2.75, 3.05) is 56.9 Å². The number of ether oxygens (including phenoxy) is 2. The maximum absolute atomic E-state index is 12.4. The zero-order valence-corrected chi connectivity index (χ0v) is 18.3. The molecular formula is C21H24N6O3S. The van der Waals surface area contributed by atoms with Crippen LogP contribution in [0.1, 0.15) is 5.56 Å². The maximum Gasteiger partial charge on any atom is 0.138 e. The standard InChI is InChI=1S/C21H24N6O3S/c1-23-31(28)9-5-26(6-10-31)20-4-3-16(13-24-20)19-11-18(30-8-7-29-2)15-27-21(19)17(12-22)14-25-27/h3-4,11,13-15H,5-10H2,1-2H3. The number of fused-ring (bicyclic) bond motifs is 1. The minimum absolute atomic E-state index is 0.410. The summed E-state index contributed by atoms with van der Waals surface area (Å²) in [5, 5.41) is 13.8. The van der Waals surface area contributed by atoms with E-state index in [-0.39, 0.29) is 0 Å². The molecule has 31 heavy (non-hydrogen) atoms. The lowest BCUT2D eigenvalue weighted by Crippen LogP contribution is -2.40. The summed E-state index contributed by atoms with van der Waals surface area (Å²) in [5.41, 5.74) is 2.86. The molecule has 0 aliphatic carbocycles. The quantitative estimate of drug-likeness (QED) is 0.541. The van der Waals surface area contributed by atoms with E-state index in [0.717, 1.165) is 16.9 Å². The average molecular weight is 441 g/mol. The van der Waals surface area contributed by atoms with Crippen LogP contribution in [0.5, 0.6) is 5.75 Å². The minimum atomic E-state index is -2.07. The van der Waals surface area contributed by atoms with Crippen molar-refractivity contribution in [3.05, 3.63) is 42.4 Å². The minimum Gasteiger partial charge on any atom is -0.490 e. The summed E-state index contributed by atoms with van der Waals surface area (Å²) in [5.74, 6) is 2.56. The lowest BCUT2D eigenvalue weighted by molar-refractivity contribution is 0.146. The van der Waals surface area contributed by atoms with E-state index in [9.17, 15) is 9.47 Å². The zero-order valence-electron chi connectivity index (χ0n) is 17.5. The third-order valence-corrected chi connectivity index (χ3v) is 7.65. The van der Waals surface area contributed by atoms with Gasteiger partial charge in [0.2, 0.25) is 0 Å². The summed E-state index contributed by atoms with van der Waals surface area (Å²) in [7, 11) is 1.18. The van der Waals surface area contributed by atoms with Crippen molar-refractivity contribution in [3.8, 4) is 22.9 Å². The second-order valence-corrected chi connectivity index (χ2v) is 9.88. The van der Waals surface area contributed by atoms with Crippen LogP contribution < -0.4 is 9.64 Å². The van der Waals surface area contributed by atoms with Crippen molar-refractivity contribution in [3.63, 3.8) is 0 Å². The van der Waals surface area contributed by atoms with E-state index in [1.807, 2.05) is 18.2 Å². The van der Waals surface area contributed by atoms with Crippen LogP contribution in [-0.2, 0) is 14.5 Å². The molecule has 4 rings (SSSR count). The molecule has 0 amide bonds. The number of hydrogen-bond donors (Lipinski definition) is 0. The fourth-order valence-electron chi connectivity index (χ4n) is 3.58. The van der Waals surface area contributed by atoms with Gasteiger partial charge in [-0.1, -0.05) is 0 Å². The van der Waals surface area contributed by atoms with Crippen LogP contribution in [0.4, 0.5) is 5.82 Å². The highest BCUT2D eigenvalue weighted by Crippen LogP contribution is 2.31. The SMILES string of the molecule is CN=S1(=O)CCN(c2ccc(-c3cc(OCCOC)cn4ncc(C#N)c34)cn2)CC1. The predicted octanol–water partition coefficient (Wildman–Crippen LogP) is 2.21. The fourth-order valence-corrected chi connectivity index (χ4v) is 5.16. The Kier molecular flexibility index (Phi) is 6.06. The molecule has 1 fully saturated rings. The van der Waals surface area contributed by atoms with Gasteiger partial charge in [-0.3, -0.25) is 0 Å². The van der Waals surface area contributed by atoms with Gasteiger partial charge in [-0.05, 0) is 18.2 Å². The van der Waals surface area contributed by atoms with Gasteiger partial charge in [0.15, 0.2) is 0 Å². The Morgan fingerprint density at radius 1 is 1.26 bits per heavy atom. The summed E-state index contributed by atoms with van der Waals surface area (Å²) >= 11 is 0. The predicted molar refractivity (Wildman–Crippen MR) is 119 cm³/mol. The average Bonchev–Trinajstić information content (AvgIpc) is 3.22. The number of nitrogens with zero attached hydrogens (tertiary/aromatic N) is 6. The van der Waals surface area contributed by atoms with Crippen LogP contribution in [0.2, 0.25) is 0 Å². The van der Waals surface area contributed by atoms with Crippen molar-refractivity contribution in [2.24, 2.45) is 4.36 Å². The first-order valence-electron chi connectivity index (χ1n) is 9.92. The molecule has 9 nitrogen and oxygen atoms in total. The van der Waals surface area contributed by atoms with Gasteiger partial charge in [-0.25, -0.2) is 18.1 Å². The first kappa shape index (κ1) is 21.1. The molecule has 162 valence electrons. The van der Waals surface area contributed by atoms with E-state index < -0.39 is 9.73 Å². The number of hydrogen-bond acceptors (Lipinski definition) is 8. The highest BCUT2D eigenvalue weighted by molar-refractivity contribution is 7.93. The molecule has 0 bridgehead atoms. The lowest BCUT2D eigenvalue weighted by Gasteiger charge is -2.29. The molecular weight excluding hydrogens is 416 g/mol. The Balaban J connectivity index is 1.65. The summed E-state index contributed by atoms with van der Waals surface area (Å²) in [6.45, 7) is 2.21. The van der Waals surface area contributed by atoms with Crippen molar-refractivity contribution < 1.29 is 13.7 Å². The first-order valence-corrected chi connectivity index (χ1v) is 11.8. The molecule has 0 unspecified atom stereocenters. The molecule has 3 aromatic rings. The molecule has 1 saturated heterocycles. The number of rotatable bonds is 6. The second-order valence-electron chi connectivity index (χ2n) is 7.15. The molecule has 0 N–H and O–H groups in total. The van der Waals surface area contributed by atoms with E-state index in [1.54, 1.807) is 37.3 Å². The molecule has 4 heterocycles. The normalized spacial score (nSPS) is 15.6. The fraction of sp³-hybridized carbons (Fsp3) is 0.381. The first-order chi connectivity index (χ1) is 15.1. The Hall–Kier alpha value is -3.16. The number of nitriles is 1. The van der Waals surface area contributed by atoms with Crippen LogP contribution in [0.15, 0.2) is 41.2 Å². The largest absolute Gasteiger partial charge is 0.490 e. The molecule has 0 radical (unpaired) electrons. The maximum atomic E-state index is 12.4. The van der Waals surface area contributed by atoms with Crippen molar-refractivity contribution in [2.45, 2.75) is 0 Å². The van der Waals surface area contributed by atoms with Gasteiger partial charge in [0.05, 0.1) is 30.1 Å². The number of aromatic nitrogens is 3. The van der Waals surface area contributed by atoms with Crippen LogP contribution >= 0.6 is 0 Å². The topological polar surface area (TPSA) is 105 Å². The molecule has 0 spiro atoms. The Morgan fingerprint density at radius 2 is 2.06 bits per heavy atom. The van der Waals surface area contributed by atoms with Crippen molar-refractivity contribution in [1.82, 2.24) is 14.6 Å². The molecule has 0 atom stereocenters. The Labute approximate surface area is 181 Å². The third-order valence-electron chi connectivity index (χ3n) is 5.34.